The lowest BCUT2D eigenvalue weighted by atomic mass is 9.65. The third kappa shape index (κ3) is 3.93. The molecule has 0 atom stereocenters. The van der Waals surface area contributed by atoms with Crippen molar-refractivity contribution >= 4 is 21.5 Å². The zero-order valence-electron chi connectivity index (χ0n) is 25.5. The lowest BCUT2D eigenvalue weighted by Gasteiger charge is -2.35. The maximum Gasteiger partial charge on any atom is 0.0725 e. The highest BCUT2D eigenvalue weighted by atomic mass is 14.5. The highest BCUT2D eigenvalue weighted by molar-refractivity contribution is 5.98. The third-order valence-corrected chi connectivity index (χ3v) is 10.0. The van der Waals surface area contributed by atoms with Gasteiger partial charge in [-0.05, 0) is 83.6 Å². The monoisotopic (exact) mass is 584 g/mol. The van der Waals surface area contributed by atoms with Crippen molar-refractivity contribution in [2.75, 3.05) is 0 Å². The van der Waals surface area contributed by atoms with Gasteiger partial charge in [-0.25, -0.2) is 0 Å². The van der Waals surface area contributed by atoms with Gasteiger partial charge < -0.3 is 0 Å². The molecule has 0 N–H and O–H groups in total. The minimum Gasteiger partial charge on any atom is -0.0619 e. The molecule has 0 spiro atoms. The summed E-state index contributed by atoms with van der Waals surface area (Å²) in [5.41, 5.74) is 13.4. The fourth-order valence-corrected chi connectivity index (χ4v) is 8.14. The van der Waals surface area contributed by atoms with Gasteiger partial charge in [0.1, 0.15) is 0 Å². The number of benzene rings is 8. The second-order valence-corrected chi connectivity index (χ2v) is 12.4. The Kier molecular flexibility index (Phi) is 6.21. The number of rotatable bonds is 2. The van der Waals surface area contributed by atoms with Gasteiger partial charge in [0.15, 0.2) is 0 Å². The van der Waals surface area contributed by atoms with E-state index in [0.29, 0.717) is 0 Å². The predicted octanol–water partition coefficient (Wildman–Crippen LogP) is 11.6. The smallest absolute Gasteiger partial charge is 0.0619 e. The quantitative estimate of drug-likeness (QED) is 0.190. The van der Waals surface area contributed by atoms with Crippen LogP contribution >= 0.6 is 0 Å². The Morgan fingerprint density at radius 1 is 0.283 bits per heavy atom. The van der Waals surface area contributed by atoms with E-state index in [2.05, 4.69) is 182 Å². The summed E-state index contributed by atoms with van der Waals surface area (Å²) >= 11 is 0. The van der Waals surface area contributed by atoms with Gasteiger partial charge in [-0.15, -0.1) is 0 Å². The largest absolute Gasteiger partial charge is 0.0725 e. The fourth-order valence-electron chi connectivity index (χ4n) is 8.14. The van der Waals surface area contributed by atoms with Gasteiger partial charge >= 0.3 is 0 Å². The van der Waals surface area contributed by atoms with Crippen LogP contribution in [0.4, 0.5) is 0 Å². The molecule has 0 saturated carbocycles. The molecule has 0 aliphatic heterocycles. The first-order valence-corrected chi connectivity index (χ1v) is 16.2. The standard InChI is InChI=1S/C33H22.C13H10/c1-3-15-25-23(11-1)13-9-21-29(25)33(30-22-10-14-24-12-2-4-16-26(24)30)31-19-7-5-17-27(31)28-18-6-8-20-32(28)33;1-3-7-12-10(5-1)9-11-6-2-4-8-13(11)12/h1-22H;1-8H,9H2. The van der Waals surface area contributed by atoms with Gasteiger partial charge in [-0.2, -0.15) is 0 Å². The number of hydrogen-bond donors (Lipinski definition) is 0. The first-order chi connectivity index (χ1) is 22.8. The van der Waals surface area contributed by atoms with E-state index in [4.69, 9.17) is 0 Å². The van der Waals surface area contributed by atoms with Gasteiger partial charge in [0, 0.05) is 0 Å². The molecule has 2 aliphatic carbocycles. The summed E-state index contributed by atoms with van der Waals surface area (Å²) in [4.78, 5) is 0. The Bertz CT molecular complexity index is 2230. The molecule has 0 amide bonds. The average Bonchev–Trinajstić information content (AvgIpc) is 3.66. The van der Waals surface area contributed by atoms with E-state index in [1.165, 1.54) is 77.2 Å². The van der Waals surface area contributed by atoms with Crippen molar-refractivity contribution in [1.82, 2.24) is 0 Å². The van der Waals surface area contributed by atoms with Crippen molar-refractivity contribution in [2.24, 2.45) is 0 Å². The Hall–Kier alpha value is -5.72. The summed E-state index contributed by atoms with van der Waals surface area (Å²) in [6.07, 6.45) is 1.10. The molecule has 2 aliphatic rings. The summed E-state index contributed by atoms with van der Waals surface area (Å²) in [6, 6.07) is 66.4. The van der Waals surface area contributed by atoms with Crippen LogP contribution in [0.3, 0.4) is 0 Å². The molecule has 0 nitrogen and oxygen atoms in total. The fraction of sp³-hybridized carbons (Fsp3) is 0.0435. The molecule has 0 bridgehead atoms. The summed E-state index contributed by atoms with van der Waals surface area (Å²) in [5.74, 6) is 0. The van der Waals surface area contributed by atoms with Crippen LogP contribution in [0.25, 0.3) is 43.8 Å². The van der Waals surface area contributed by atoms with Crippen molar-refractivity contribution in [1.29, 1.82) is 0 Å². The molecule has 0 heterocycles. The van der Waals surface area contributed by atoms with Crippen LogP contribution in [-0.4, -0.2) is 0 Å². The van der Waals surface area contributed by atoms with Crippen LogP contribution in [0.2, 0.25) is 0 Å². The Labute approximate surface area is 270 Å². The van der Waals surface area contributed by atoms with Crippen molar-refractivity contribution in [3.8, 4) is 22.3 Å². The summed E-state index contributed by atoms with van der Waals surface area (Å²) in [7, 11) is 0. The van der Waals surface area contributed by atoms with Crippen molar-refractivity contribution in [2.45, 2.75) is 11.8 Å². The summed E-state index contributed by atoms with van der Waals surface area (Å²) in [6.45, 7) is 0. The van der Waals surface area contributed by atoms with E-state index in [-0.39, 0.29) is 0 Å². The predicted molar refractivity (Wildman–Crippen MR) is 193 cm³/mol. The molecule has 0 fully saturated rings. The van der Waals surface area contributed by atoms with Crippen LogP contribution < -0.4 is 0 Å². The summed E-state index contributed by atoms with van der Waals surface area (Å²) < 4.78 is 0. The van der Waals surface area contributed by atoms with E-state index < -0.39 is 5.41 Å². The molecular formula is C46H32. The van der Waals surface area contributed by atoms with Gasteiger partial charge in [0.2, 0.25) is 0 Å². The Morgan fingerprint density at radius 3 is 1.13 bits per heavy atom. The summed E-state index contributed by atoms with van der Waals surface area (Å²) in [5, 5.41) is 5.16. The van der Waals surface area contributed by atoms with Crippen molar-refractivity contribution in [3.05, 3.63) is 215 Å². The average molecular weight is 585 g/mol. The maximum atomic E-state index is 2.34. The first kappa shape index (κ1) is 26.7. The number of fused-ring (bicyclic) bond motifs is 8. The SMILES string of the molecule is c1ccc2c(c1)-c1ccccc1C2(c1cccc2ccccc12)c1cccc2ccccc12.c1ccc2c(c1)Cc1ccccc1-2. The molecule has 0 heteroatoms. The van der Waals surface area contributed by atoms with Gasteiger partial charge in [0.25, 0.3) is 0 Å². The normalized spacial score (nSPS) is 13.3. The number of hydrogen-bond acceptors (Lipinski definition) is 0. The zero-order chi connectivity index (χ0) is 30.5. The molecule has 216 valence electrons. The molecule has 0 saturated heterocycles. The minimum absolute atomic E-state index is 0.394. The Morgan fingerprint density at radius 2 is 0.630 bits per heavy atom. The van der Waals surface area contributed by atoms with Crippen molar-refractivity contribution in [3.63, 3.8) is 0 Å². The molecule has 0 aromatic heterocycles. The minimum atomic E-state index is -0.394. The maximum absolute atomic E-state index is 2.34. The van der Waals surface area contributed by atoms with Crippen LogP contribution in [0.15, 0.2) is 182 Å². The molecule has 0 unspecified atom stereocenters. The van der Waals surface area contributed by atoms with Gasteiger partial charge in [0.05, 0.1) is 5.41 Å². The van der Waals surface area contributed by atoms with E-state index in [9.17, 15) is 0 Å². The third-order valence-electron chi connectivity index (χ3n) is 10.0. The van der Waals surface area contributed by atoms with E-state index in [0.717, 1.165) is 6.42 Å². The highest BCUT2D eigenvalue weighted by Crippen LogP contribution is 2.58. The van der Waals surface area contributed by atoms with Crippen LogP contribution in [0, 0.1) is 0 Å². The molecule has 46 heavy (non-hydrogen) atoms. The van der Waals surface area contributed by atoms with Crippen LogP contribution in [-0.2, 0) is 11.8 Å². The topological polar surface area (TPSA) is 0 Å². The first-order valence-electron chi connectivity index (χ1n) is 16.2. The molecule has 8 aromatic carbocycles. The lowest BCUT2D eigenvalue weighted by Crippen LogP contribution is -2.29. The van der Waals surface area contributed by atoms with Crippen LogP contribution in [0.1, 0.15) is 33.4 Å². The zero-order valence-corrected chi connectivity index (χ0v) is 25.5. The van der Waals surface area contributed by atoms with E-state index in [1.807, 2.05) is 0 Å². The van der Waals surface area contributed by atoms with Gasteiger partial charge in [-0.3, -0.25) is 0 Å². The lowest BCUT2D eigenvalue weighted by molar-refractivity contribution is 0.784. The molecule has 8 aromatic rings. The Balaban J connectivity index is 0.000000187. The van der Waals surface area contributed by atoms with Crippen LogP contribution in [0.5, 0.6) is 0 Å². The molecular weight excluding hydrogens is 553 g/mol. The van der Waals surface area contributed by atoms with Crippen molar-refractivity contribution < 1.29 is 0 Å². The molecule has 0 radical (unpaired) electrons. The second-order valence-electron chi connectivity index (χ2n) is 12.4. The molecule has 10 rings (SSSR count). The van der Waals surface area contributed by atoms with E-state index >= 15 is 0 Å². The van der Waals surface area contributed by atoms with Gasteiger partial charge in [-0.1, -0.05) is 182 Å². The van der Waals surface area contributed by atoms with E-state index in [1.54, 1.807) is 0 Å². The highest BCUT2D eigenvalue weighted by Gasteiger charge is 2.47. The second kappa shape index (κ2) is 10.7.